The Morgan fingerprint density at radius 1 is 1.12 bits per heavy atom. The van der Waals surface area contributed by atoms with E-state index in [0.29, 0.717) is 31.8 Å². The van der Waals surface area contributed by atoms with Crippen LogP contribution in [0.3, 0.4) is 0 Å². The van der Waals surface area contributed by atoms with Crippen molar-refractivity contribution in [1.82, 2.24) is 9.62 Å². The average molecular weight is 490 g/mol. The predicted octanol–water partition coefficient (Wildman–Crippen LogP) is 2.31. The molecule has 0 spiro atoms. The van der Waals surface area contributed by atoms with Gasteiger partial charge in [-0.05, 0) is 61.2 Å². The summed E-state index contributed by atoms with van der Waals surface area (Å²) in [6.45, 7) is 1.65. The van der Waals surface area contributed by atoms with Crippen molar-refractivity contribution >= 4 is 27.5 Å². The minimum atomic E-state index is -3.67. The molecule has 0 aliphatic carbocycles. The lowest BCUT2D eigenvalue weighted by Crippen LogP contribution is -2.31. The summed E-state index contributed by atoms with van der Waals surface area (Å²) in [5.41, 5.74) is 1.38. The Bertz CT molecular complexity index is 1120. The van der Waals surface area contributed by atoms with Crippen molar-refractivity contribution in [2.45, 2.75) is 36.7 Å². The van der Waals surface area contributed by atoms with Crippen LogP contribution in [0.4, 0.5) is 10.1 Å². The highest BCUT2D eigenvalue weighted by Gasteiger charge is 2.34. The zero-order chi connectivity index (χ0) is 24.1. The molecule has 34 heavy (non-hydrogen) atoms. The molecule has 2 aromatic carbocycles. The number of carbonyl (C=O) groups excluding carboxylic acids is 2. The molecular weight excluding hydrogens is 461 g/mol. The number of carbonyl (C=O) groups is 2. The highest BCUT2D eigenvalue weighted by atomic mass is 32.2. The summed E-state index contributed by atoms with van der Waals surface area (Å²) in [6, 6.07) is 12.1. The number of halogens is 1. The van der Waals surface area contributed by atoms with Crippen LogP contribution in [0, 0.1) is 11.7 Å². The van der Waals surface area contributed by atoms with Crippen LogP contribution in [0.15, 0.2) is 53.4 Å². The second-order valence-electron chi connectivity index (χ2n) is 8.62. The van der Waals surface area contributed by atoms with E-state index in [1.54, 1.807) is 17.0 Å². The van der Waals surface area contributed by atoms with Gasteiger partial charge in [-0.15, -0.1) is 0 Å². The van der Waals surface area contributed by atoms with Crippen LogP contribution in [-0.2, 0) is 30.8 Å². The molecular formula is C24H28FN3O5S. The molecule has 2 fully saturated rings. The van der Waals surface area contributed by atoms with Gasteiger partial charge in [-0.2, -0.15) is 0 Å². The van der Waals surface area contributed by atoms with Gasteiger partial charge in [-0.25, -0.2) is 17.5 Å². The van der Waals surface area contributed by atoms with E-state index >= 15 is 0 Å². The van der Waals surface area contributed by atoms with Crippen molar-refractivity contribution < 1.29 is 27.1 Å². The summed E-state index contributed by atoms with van der Waals surface area (Å²) in [4.78, 5) is 26.8. The second-order valence-corrected chi connectivity index (χ2v) is 10.4. The van der Waals surface area contributed by atoms with E-state index in [9.17, 15) is 22.4 Å². The zero-order valence-corrected chi connectivity index (χ0v) is 19.5. The third kappa shape index (κ3) is 6.19. The highest BCUT2D eigenvalue weighted by Crippen LogP contribution is 2.22. The number of benzene rings is 2. The summed E-state index contributed by atoms with van der Waals surface area (Å²) in [7, 11) is -3.67. The lowest BCUT2D eigenvalue weighted by molar-refractivity contribution is -0.128. The molecule has 2 heterocycles. The standard InChI is InChI=1S/C24H28FN3O5S/c25-19-5-3-17(4-6-19)11-12-28-16-18(14-23(28)29)24(30)27-20-7-9-22(10-8-20)34(31,32)26-15-21-2-1-13-33-21/h3-10,18,21,26H,1-2,11-16H2,(H,27,30). The van der Waals surface area contributed by atoms with Gasteiger partial charge >= 0.3 is 0 Å². The van der Waals surface area contributed by atoms with Gasteiger partial charge in [0.2, 0.25) is 21.8 Å². The first-order chi connectivity index (χ1) is 16.3. The normalized spacial score (nSPS) is 20.6. The fourth-order valence-electron chi connectivity index (χ4n) is 4.13. The van der Waals surface area contributed by atoms with E-state index in [1.807, 2.05) is 0 Å². The highest BCUT2D eigenvalue weighted by molar-refractivity contribution is 7.89. The van der Waals surface area contributed by atoms with Crippen molar-refractivity contribution in [1.29, 1.82) is 0 Å². The molecule has 0 aromatic heterocycles. The van der Waals surface area contributed by atoms with Crippen molar-refractivity contribution in [3.05, 3.63) is 59.9 Å². The molecule has 2 saturated heterocycles. The van der Waals surface area contributed by atoms with Gasteiger partial charge in [-0.3, -0.25) is 9.59 Å². The molecule has 4 rings (SSSR count). The van der Waals surface area contributed by atoms with Crippen molar-refractivity contribution in [3.63, 3.8) is 0 Å². The Morgan fingerprint density at radius 3 is 2.53 bits per heavy atom. The van der Waals surface area contributed by atoms with Crippen LogP contribution >= 0.6 is 0 Å². The summed E-state index contributed by atoms with van der Waals surface area (Å²) in [5, 5.41) is 2.77. The Morgan fingerprint density at radius 2 is 1.85 bits per heavy atom. The van der Waals surface area contributed by atoms with Crippen molar-refractivity contribution in [3.8, 4) is 0 Å². The number of sulfonamides is 1. The quantitative estimate of drug-likeness (QED) is 0.563. The van der Waals surface area contributed by atoms with E-state index in [2.05, 4.69) is 10.0 Å². The number of rotatable bonds is 9. The van der Waals surface area contributed by atoms with E-state index in [4.69, 9.17) is 4.74 Å². The maximum atomic E-state index is 13.0. The molecule has 0 saturated carbocycles. The summed E-state index contributed by atoms with van der Waals surface area (Å²) in [6.07, 6.45) is 2.37. The number of amides is 2. The van der Waals surface area contributed by atoms with Crippen LogP contribution in [0.5, 0.6) is 0 Å². The van der Waals surface area contributed by atoms with Crippen LogP contribution in [0.1, 0.15) is 24.8 Å². The first-order valence-electron chi connectivity index (χ1n) is 11.3. The molecule has 2 aliphatic rings. The average Bonchev–Trinajstić information content (AvgIpc) is 3.48. The molecule has 2 atom stereocenters. The maximum Gasteiger partial charge on any atom is 0.240 e. The topological polar surface area (TPSA) is 105 Å². The molecule has 8 nitrogen and oxygen atoms in total. The molecule has 2 aromatic rings. The van der Waals surface area contributed by atoms with Crippen LogP contribution in [-0.4, -0.2) is 57.5 Å². The number of ether oxygens (including phenoxy) is 1. The number of anilines is 1. The van der Waals surface area contributed by atoms with E-state index in [1.165, 1.54) is 36.4 Å². The van der Waals surface area contributed by atoms with E-state index < -0.39 is 15.9 Å². The third-order valence-electron chi connectivity index (χ3n) is 6.13. The minimum Gasteiger partial charge on any atom is -0.377 e. The van der Waals surface area contributed by atoms with Gasteiger partial charge in [0.15, 0.2) is 0 Å². The number of nitrogens with one attached hydrogen (secondary N) is 2. The Hall–Kier alpha value is -2.82. The van der Waals surface area contributed by atoms with Crippen LogP contribution in [0.25, 0.3) is 0 Å². The first kappa shape index (κ1) is 24.3. The molecule has 2 amide bonds. The van der Waals surface area contributed by atoms with Gasteiger partial charge in [0.05, 0.1) is 16.9 Å². The smallest absolute Gasteiger partial charge is 0.240 e. The summed E-state index contributed by atoms with van der Waals surface area (Å²) >= 11 is 0. The Labute approximate surface area is 198 Å². The lowest BCUT2D eigenvalue weighted by atomic mass is 10.1. The number of likely N-dealkylation sites (tertiary alicyclic amines) is 1. The zero-order valence-electron chi connectivity index (χ0n) is 18.7. The van der Waals surface area contributed by atoms with Gasteiger partial charge in [0.1, 0.15) is 5.82 Å². The molecule has 2 N–H and O–H groups in total. The van der Waals surface area contributed by atoms with Crippen LogP contribution in [0.2, 0.25) is 0 Å². The molecule has 2 unspecified atom stereocenters. The summed E-state index contributed by atoms with van der Waals surface area (Å²) < 4.78 is 46.0. The molecule has 0 radical (unpaired) electrons. The number of hydrogen-bond donors (Lipinski definition) is 2. The fraction of sp³-hybridized carbons (Fsp3) is 0.417. The monoisotopic (exact) mass is 489 g/mol. The number of nitrogens with zero attached hydrogens (tertiary/aromatic N) is 1. The van der Waals surface area contributed by atoms with Crippen LogP contribution < -0.4 is 10.0 Å². The van der Waals surface area contributed by atoms with E-state index in [0.717, 1.165) is 18.4 Å². The Kier molecular flexibility index (Phi) is 7.60. The lowest BCUT2D eigenvalue weighted by Gasteiger charge is -2.16. The molecule has 10 heteroatoms. The first-order valence-corrected chi connectivity index (χ1v) is 12.8. The summed E-state index contributed by atoms with van der Waals surface area (Å²) in [5.74, 6) is -1.18. The third-order valence-corrected chi connectivity index (χ3v) is 7.57. The molecule has 2 aliphatic heterocycles. The number of hydrogen-bond acceptors (Lipinski definition) is 5. The largest absolute Gasteiger partial charge is 0.377 e. The van der Waals surface area contributed by atoms with Crippen molar-refractivity contribution in [2.24, 2.45) is 5.92 Å². The van der Waals surface area contributed by atoms with Crippen molar-refractivity contribution in [2.75, 3.05) is 31.6 Å². The van der Waals surface area contributed by atoms with Gasteiger partial charge in [0, 0.05) is 38.3 Å². The maximum absolute atomic E-state index is 13.0. The minimum absolute atomic E-state index is 0.0963. The SMILES string of the molecule is O=C(Nc1ccc(S(=O)(=O)NCC2CCCO2)cc1)C1CC(=O)N(CCc2ccc(F)cc2)C1. The molecule has 182 valence electrons. The van der Waals surface area contributed by atoms with E-state index in [-0.39, 0.29) is 41.6 Å². The van der Waals surface area contributed by atoms with Gasteiger partial charge in [-0.1, -0.05) is 12.1 Å². The second kappa shape index (κ2) is 10.6. The Balaban J connectivity index is 1.27. The van der Waals surface area contributed by atoms with Gasteiger partial charge in [0.25, 0.3) is 0 Å². The fourth-order valence-corrected chi connectivity index (χ4v) is 5.20. The predicted molar refractivity (Wildman–Crippen MR) is 124 cm³/mol. The molecule has 0 bridgehead atoms. The van der Waals surface area contributed by atoms with Gasteiger partial charge < -0.3 is 15.0 Å².